The van der Waals surface area contributed by atoms with Gasteiger partial charge in [0, 0.05) is 22.8 Å². The lowest BCUT2D eigenvalue weighted by molar-refractivity contribution is -0.925. The Bertz CT molecular complexity index is 929. The molecule has 0 radical (unpaired) electrons. The molecule has 0 saturated carbocycles. The van der Waals surface area contributed by atoms with Crippen molar-refractivity contribution in [1.82, 2.24) is 9.36 Å². The molecule has 3 heterocycles. The molecule has 2 fully saturated rings. The van der Waals surface area contributed by atoms with Crippen LogP contribution in [0.1, 0.15) is 0 Å². The topological polar surface area (TPSA) is 62.3 Å². The van der Waals surface area contributed by atoms with E-state index in [4.69, 9.17) is 4.74 Å². The van der Waals surface area contributed by atoms with E-state index in [1.165, 1.54) is 36.9 Å². The number of anilines is 3. The Labute approximate surface area is 174 Å². The second-order valence-electron chi connectivity index (χ2n) is 7.62. The maximum atomic E-state index is 5.61. The summed E-state index contributed by atoms with van der Waals surface area (Å²) in [6.45, 7) is 7.47. The summed E-state index contributed by atoms with van der Waals surface area (Å²) in [5.41, 5.74) is 9.66. The molecular weight excluding hydrogens is 384 g/mol. The smallest absolute Gasteiger partial charge is 0.221 e. The second kappa shape index (κ2) is 7.98. The second-order valence-corrected chi connectivity index (χ2v) is 8.37. The van der Waals surface area contributed by atoms with Crippen LogP contribution in [-0.2, 0) is 4.74 Å². The lowest BCUT2D eigenvalue weighted by atomic mass is 10.2. The number of quaternary nitrogens is 1. The molecule has 0 atom stereocenters. The fraction of sp³-hybridized carbons (Fsp3) is 0.333. The summed E-state index contributed by atoms with van der Waals surface area (Å²) in [4.78, 5) is 7.00. The van der Waals surface area contributed by atoms with Crippen molar-refractivity contribution in [2.24, 2.45) is 0 Å². The number of hydrogen-bond acceptors (Lipinski definition) is 7. The Morgan fingerprint density at radius 2 is 1.72 bits per heavy atom. The minimum atomic E-state index is 0.740. The monoisotopic (exact) mass is 409 g/mol. The Balaban J connectivity index is 1.16. The summed E-state index contributed by atoms with van der Waals surface area (Å²) in [7, 11) is 0. The van der Waals surface area contributed by atoms with Gasteiger partial charge in [-0.2, -0.15) is 9.36 Å². The summed E-state index contributed by atoms with van der Waals surface area (Å²) in [6.07, 6.45) is 0. The first-order valence-electron chi connectivity index (χ1n) is 9.99. The van der Waals surface area contributed by atoms with E-state index in [1.54, 1.807) is 0 Å². The Kier molecular flexibility index (Phi) is 5.05. The molecular formula is C21H25N6OS+. The van der Waals surface area contributed by atoms with Gasteiger partial charge in [-0.15, -0.1) is 0 Å². The predicted octanol–water partition coefficient (Wildman–Crippen LogP) is 3.27. The fourth-order valence-corrected chi connectivity index (χ4v) is 4.48. The molecule has 0 amide bonds. The third-order valence-electron chi connectivity index (χ3n) is 5.77. The number of hydrogen-bond donors (Lipinski definition) is 2. The van der Waals surface area contributed by atoms with Crippen LogP contribution in [0.25, 0.3) is 11.4 Å². The molecule has 8 heteroatoms. The molecule has 2 aliphatic heterocycles. The third-order valence-corrected chi connectivity index (χ3v) is 6.40. The van der Waals surface area contributed by atoms with Gasteiger partial charge in [-0.3, -0.25) is 15.3 Å². The van der Waals surface area contributed by atoms with Crippen LogP contribution in [0.15, 0.2) is 54.6 Å². The van der Waals surface area contributed by atoms with Crippen LogP contribution >= 0.6 is 11.5 Å². The van der Waals surface area contributed by atoms with E-state index in [-0.39, 0.29) is 0 Å². The number of aromatic nitrogens is 2. The van der Waals surface area contributed by atoms with E-state index in [9.17, 15) is 0 Å². The normalized spacial score (nSPS) is 18.1. The van der Waals surface area contributed by atoms with Crippen LogP contribution in [0.2, 0.25) is 0 Å². The Morgan fingerprint density at radius 1 is 0.931 bits per heavy atom. The predicted molar refractivity (Wildman–Crippen MR) is 117 cm³/mol. The summed E-state index contributed by atoms with van der Waals surface area (Å²) >= 11 is 1.34. The molecule has 0 aliphatic carbocycles. The van der Waals surface area contributed by atoms with Gasteiger partial charge >= 0.3 is 0 Å². The van der Waals surface area contributed by atoms with Gasteiger partial charge in [0.15, 0.2) is 12.6 Å². The van der Waals surface area contributed by atoms with Gasteiger partial charge in [-0.1, -0.05) is 30.3 Å². The van der Waals surface area contributed by atoms with E-state index in [0.717, 1.165) is 53.1 Å². The molecule has 3 aromatic rings. The lowest BCUT2D eigenvalue weighted by Crippen LogP contribution is -2.58. The van der Waals surface area contributed by atoms with Crippen molar-refractivity contribution < 1.29 is 9.22 Å². The first-order valence-corrected chi connectivity index (χ1v) is 10.8. The number of rotatable bonds is 5. The highest BCUT2D eigenvalue weighted by Crippen LogP contribution is 2.24. The van der Waals surface area contributed by atoms with Crippen LogP contribution in [0.3, 0.4) is 0 Å². The van der Waals surface area contributed by atoms with Crippen molar-refractivity contribution in [3.8, 4) is 11.4 Å². The summed E-state index contributed by atoms with van der Waals surface area (Å²) in [5, 5.41) is 0.741. The molecule has 150 valence electrons. The zero-order valence-electron chi connectivity index (χ0n) is 16.3. The van der Waals surface area contributed by atoms with E-state index in [0.29, 0.717) is 0 Å². The average Bonchev–Trinajstić information content (AvgIpc) is 3.44. The SMILES string of the molecule is c1ccc(-c2nsc(NNc3ccc(N4CC[N+]5(CCOC5)CC4)cc3)n2)cc1. The first-order chi connectivity index (χ1) is 14.3. The molecule has 5 rings (SSSR count). The van der Waals surface area contributed by atoms with Crippen molar-refractivity contribution in [1.29, 1.82) is 0 Å². The van der Waals surface area contributed by atoms with Gasteiger partial charge in [-0.25, -0.2) is 0 Å². The molecule has 0 bridgehead atoms. The number of benzene rings is 2. The molecule has 2 N–H and O–H groups in total. The number of ether oxygens (including phenoxy) is 1. The molecule has 2 aliphatic rings. The molecule has 29 heavy (non-hydrogen) atoms. The van der Waals surface area contributed by atoms with Crippen molar-refractivity contribution in [2.45, 2.75) is 0 Å². The molecule has 2 saturated heterocycles. The van der Waals surface area contributed by atoms with E-state index >= 15 is 0 Å². The largest absolute Gasteiger partial charge is 0.360 e. The Morgan fingerprint density at radius 3 is 2.45 bits per heavy atom. The zero-order chi connectivity index (χ0) is 19.5. The molecule has 2 aromatic carbocycles. The molecule has 1 aromatic heterocycles. The maximum Gasteiger partial charge on any atom is 0.221 e. The van der Waals surface area contributed by atoms with Crippen LogP contribution in [0.4, 0.5) is 16.5 Å². The van der Waals surface area contributed by atoms with Gasteiger partial charge in [-0.05, 0) is 24.3 Å². The number of nitrogens with one attached hydrogen (secondary N) is 2. The lowest BCUT2D eigenvalue weighted by Gasteiger charge is -2.41. The molecule has 7 nitrogen and oxygen atoms in total. The summed E-state index contributed by atoms with van der Waals surface area (Å²) in [5.74, 6) is 0.740. The van der Waals surface area contributed by atoms with Gasteiger partial charge in [0.1, 0.15) is 13.2 Å². The quantitative estimate of drug-likeness (QED) is 0.498. The van der Waals surface area contributed by atoms with Gasteiger partial charge in [0.2, 0.25) is 5.13 Å². The minimum absolute atomic E-state index is 0.740. The molecule has 1 spiro atoms. The zero-order valence-corrected chi connectivity index (χ0v) is 17.1. The van der Waals surface area contributed by atoms with Gasteiger partial charge < -0.3 is 9.64 Å². The number of nitrogens with zero attached hydrogens (tertiary/aromatic N) is 4. The third kappa shape index (κ3) is 4.05. The maximum absolute atomic E-state index is 5.61. The van der Waals surface area contributed by atoms with Crippen molar-refractivity contribution in [3.63, 3.8) is 0 Å². The number of hydrazine groups is 1. The minimum Gasteiger partial charge on any atom is -0.360 e. The van der Waals surface area contributed by atoms with Crippen LogP contribution in [0, 0.1) is 0 Å². The van der Waals surface area contributed by atoms with E-state index in [2.05, 4.69) is 49.4 Å². The summed E-state index contributed by atoms with van der Waals surface area (Å²) < 4.78 is 11.2. The van der Waals surface area contributed by atoms with Crippen molar-refractivity contribution >= 4 is 28.0 Å². The van der Waals surface area contributed by atoms with Crippen molar-refractivity contribution in [2.75, 3.05) is 61.8 Å². The van der Waals surface area contributed by atoms with E-state index < -0.39 is 0 Å². The summed E-state index contributed by atoms with van der Waals surface area (Å²) in [6, 6.07) is 18.5. The fourth-order valence-electron chi connectivity index (χ4n) is 3.94. The molecule has 0 unspecified atom stereocenters. The van der Waals surface area contributed by atoms with Crippen LogP contribution < -0.4 is 15.8 Å². The highest BCUT2D eigenvalue weighted by atomic mass is 32.1. The first kappa shape index (κ1) is 18.4. The number of piperazine rings is 1. The highest BCUT2D eigenvalue weighted by Gasteiger charge is 2.36. The van der Waals surface area contributed by atoms with Crippen LogP contribution in [-0.4, -0.2) is 59.9 Å². The Hall–Kier alpha value is -2.68. The van der Waals surface area contributed by atoms with Gasteiger partial charge in [0.05, 0.1) is 31.9 Å². The average molecular weight is 410 g/mol. The van der Waals surface area contributed by atoms with Crippen LogP contribution in [0.5, 0.6) is 0 Å². The van der Waals surface area contributed by atoms with E-state index in [1.807, 2.05) is 30.3 Å². The van der Waals surface area contributed by atoms with Gasteiger partial charge in [0.25, 0.3) is 0 Å². The standard InChI is InChI=1S/C21H25N6OS/c1-2-4-17(5-3-1)20-22-21(29-25-20)24-23-18-6-8-19(9-7-18)26-10-12-27(13-11-26)14-15-28-16-27/h1-9,23H,10-16H2,(H,22,24,25)/q+1. The van der Waals surface area contributed by atoms with Crippen molar-refractivity contribution in [3.05, 3.63) is 54.6 Å². The highest BCUT2D eigenvalue weighted by molar-refractivity contribution is 7.09.